The van der Waals surface area contributed by atoms with Crippen LogP contribution in [0.3, 0.4) is 0 Å². The predicted octanol–water partition coefficient (Wildman–Crippen LogP) is 3.05. The zero-order valence-corrected chi connectivity index (χ0v) is 8.31. The average molecular weight is 197 g/mol. The molecule has 1 aromatic carbocycles. The largest absolute Gasteiger partial charge is 0.445 e. The molecule has 1 heterocycles. The van der Waals surface area contributed by atoms with Crippen molar-refractivity contribution in [1.82, 2.24) is 4.98 Å². The Hall–Kier alpha value is -1.83. The van der Waals surface area contributed by atoms with E-state index in [2.05, 4.69) is 35.3 Å². The van der Waals surface area contributed by atoms with Crippen molar-refractivity contribution < 1.29 is 4.42 Å². The molecule has 2 heteroatoms. The number of allylic oxidation sites excluding steroid dienone is 1. The molecule has 0 saturated heterocycles. The normalized spacial score (nSPS) is 14.5. The molecule has 0 aliphatic heterocycles. The van der Waals surface area contributed by atoms with Crippen LogP contribution >= 0.6 is 0 Å². The lowest BCUT2D eigenvalue weighted by Gasteiger charge is -2.14. The molecule has 0 spiro atoms. The number of benzene rings is 1. The number of hydrogen-bond acceptors (Lipinski definition) is 2. The van der Waals surface area contributed by atoms with Crippen molar-refractivity contribution in [2.24, 2.45) is 0 Å². The van der Waals surface area contributed by atoms with Crippen LogP contribution < -0.4 is 0 Å². The Labute approximate surface area is 88.3 Å². The summed E-state index contributed by atoms with van der Waals surface area (Å²) >= 11 is 0. The molecule has 3 rings (SSSR count). The summed E-state index contributed by atoms with van der Waals surface area (Å²) in [6.07, 6.45) is 7.68. The molecule has 2 nitrogen and oxygen atoms in total. The zero-order valence-electron chi connectivity index (χ0n) is 8.31. The fourth-order valence-corrected chi connectivity index (χ4v) is 2.04. The molecule has 1 aliphatic carbocycles. The molecule has 0 saturated carbocycles. The lowest BCUT2D eigenvalue weighted by molar-refractivity contribution is 0.542. The topological polar surface area (TPSA) is 26.0 Å². The van der Waals surface area contributed by atoms with E-state index < -0.39 is 0 Å². The highest BCUT2D eigenvalue weighted by Crippen LogP contribution is 2.30. The van der Waals surface area contributed by atoms with Gasteiger partial charge in [-0.05, 0) is 24.0 Å². The van der Waals surface area contributed by atoms with Crippen LogP contribution in [0.1, 0.15) is 23.4 Å². The summed E-state index contributed by atoms with van der Waals surface area (Å²) in [6, 6.07) is 8.44. The van der Waals surface area contributed by atoms with E-state index in [4.69, 9.17) is 4.42 Å². The van der Waals surface area contributed by atoms with Crippen molar-refractivity contribution in [3.63, 3.8) is 0 Å². The molecule has 0 N–H and O–H groups in total. The first kappa shape index (κ1) is 8.48. The second-order valence-electron chi connectivity index (χ2n) is 3.65. The maximum atomic E-state index is 5.35. The Morgan fingerprint density at radius 3 is 3.00 bits per heavy atom. The monoisotopic (exact) mass is 197 g/mol. The number of nitrogens with zero attached hydrogens (tertiary/aromatic N) is 1. The van der Waals surface area contributed by atoms with Crippen LogP contribution in [0.15, 0.2) is 47.2 Å². The van der Waals surface area contributed by atoms with Gasteiger partial charge in [0, 0.05) is 5.57 Å². The summed E-state index contributed by atoms with van der Waals surface area (Å²) in [4.78, 5) is 4.20. The van der Waals surface area contributed by atoms with Crippen molar-refractivity contribution >= 4 is 5.57 Å². The van der Waals surface area contributed by atoms with E-state index in [0.717, 1.165) is 24.3 Å². The number of hydrogen-bond donors (Lipinski definition) is 0. The van der Waals surface area contributed by atoms with Crippen molar-refractivity contribution in [1.29, 1.82) is 0 Å². The summed E-state index contributed by atoms with van der Waals surface area (Å²) in [7, 11) is 0. The van der Waals surface area contributed by atoms with Gasteiger partial charge < -0.3 is 4.42 Å². The first-order valence-electron chi connectivity index (χ1n) is 5.13. The Morgan fingerprint density at radius 2 is 2.13 bits per heavy atom. The molecular formula is C13H11NO. The molecule has 0 bridgehead atoms. The quantitative estimate of drug-likeness (QED) is 0.702. The Kier molecular flexibility index (Phi) is 1.91. The third kappa shape index (κ3) is 1.38. The summed E-state index contributed by atoms with van der Waals surface area (Å²) in [5, 5.41) is 0. The Bertz CT molecular complexity index is 497. The standard InChI is InChI=1S/C13H11NO/c1-2-6-11-10(4-1)5-3-7-12(11)13-14-8-9-15-13/h1-2,4,6-9H,3,5H2. The van der Waals surface area contributed by atoms with Gasteiger partial charge in [-0.25, -0.2) is 4.98 Å². The lowest BCUT2D eigenvalue weighted by atomic mass is 9.91. The Morgan fingerprint density at radius 1 is 1.20 bits per heavy atom. The van der Waals surface area contributed by atoms with E-state index in [9.17, 15) is 0 Å². The van der Waals surface area contributed by atoms with Gasteiger partial charge in [-0.15, -0.1) is 0 Å². The molecule has 0 radical (unpaired) electrons. The predicted molar refractivity (Wildman–Crippen MR) is 58.3 cm³/mol. The van der Waals surface area contributed by atoms with Gasteiger partial charge in [0.15, 0.2) is 0 Å². The smallest absolute Gasteiger partial charge is 0.226 e. The zero-order chi connectivity index (χ0) is 10.1. The number of aryl methyl sites for hydroxylation is 1. The minimum absolute atomic E-state index is 0.724. The highest BCUT2D eigenvalue weighted by Gasteiger charge is 2.15. The van der Waals surface area contributed by atoms with Crippen LogP contribution in [0.25, 0.3) is 5.57 Å². The van der Waals surface area contributed by atoms with E-state index in [1.54, 1.807) is 12.5 Å². The van der Waals surface area contributed by atoms with Gasteiger partial charge in [0.05, 0.1) is 6.20 Å². The molecular weight excluding hydrogens is 186 g/mol. The van der Waals surface area contributed by atoms with Gasteiger partial charge in [-0.2, -0.15) is 0 Å². The van der Waals surface area contributed by atoms with E-state index in [1.807, 2.05) is 0 Å². The summed E-state index contributed by atoms with van der Waals surface area (Å²) < 4.78 is 5.35. The van der Waals surface area contributed by atoms with Crippen molar-refractivity contribution in [3.8, 4) is 0 Å². The second kappa shape index (κ2) is 3.39. The molecule has 2 aromatic rings. The summed E-state index contributed by atoms with van der Waals surface area (Å²) in [5.74, 6) is 0.724. The summed E-state index contributed by atoms with van der Waals surface area (Å²) in [6.45, 7) is 0. The fourth-order valence-electron chi connectivity index (χ4n) is 2.04. The maximum absolute atomic E-state index is 5.35. The van der Waals surface area contributed by atoms with Crippen LogP contribution in [-0.2, 0) is 6.42 Å². The van der Waals surface area contributed by atoms with Crippen LogP contribution in [0.4, 0.5) is 0 Å². The van der Waals surface area contributed by atoms with Crippen LogP contribution in [0.2, 0.25) is 0 Å². The number of aromatic nitrogens is 1. The molecule has 0 amide bonds. The minimum atomic E-state index is 0.724. The van der Waals surface area contributed by atoms with E-state index >= 15 is 0 Å². The summed E-state index contributed by atoms with van der Waals surface area (Å²) in [5.41, 5.74) is 3.77. The second-order valence-corrected chi connectivity index (χ2v) is 3.65. The third-order valence-corrected chi connectivity index (χ3v) is 2.73. The molecule has 74 valence electrons. The molecule has 1 aliphatic rings. The Balaban J connectivity index is 2.15. The maximum Gasteiger partial charge on any atom is 0.226 e. The SMILES string of the molecule is C1=C(c2ncco2)c2ccccc2CC1. The van der Waals surface area contributed by atoms with Gasteiger partial charge in [0.25, 0.3) is 0 Å². The van der Waals surface area contributed by atoms with Gasteiger partial charge in [0.1, 0.15) is 6.26 Å². The number of rotatable bonds is 1. The first-order chi connectivity index (χ1) is 7.45. The molecule has 0 unspecified atom stereocenters. The van der Waals surface area contributed by atoms with Crippen molar-refractivity contribution in [3.05, 3.63) is 59.8 Å². The van der Waals surface area contributed by atoms with Crippen LogP contribution in [0.5, 0.6) is 0 Å². The molecule has 0 atom stereocenters. The lowest BCUT2D eigenvalue weighted by Crippen LogP contribution is -2.00. The number of oxazole rings is 1. The molecule has 1 aromatic heterocycles. The molecule has 15 heavy (non-hydrogen) atoms. The van der Waals surface area contributed by atoms with Crippen molar-refractivity contribution in [2.45, 2.75) is 12.8 Å². The van der Waals surface area contributed by atoms with E-state index in [1.165, 1.54) is 11.1 Å². The highest BCUT2D eigenvalue weighted by atomic mass is 16.3. The van der Waals surface area contributed by atoms with E-state index in [-0.39, 0.29) is 0 Å². The van der Waals surface area contributed by atoms with Crippen molar-refractivity contribution in [2.75, 3.05) is 0 Å². The highest BCUT2D eigenvalue weighted by molar-refractivity contribution is 5.78. The van der Waals surface area contributed by atoms with Gasteiger partial charge in [-0.1, -0.05) is 30.3 Å². The first-order valence-corrected chi connectivity index (χ1v) is 5.13. The van der Waals surface area contributed by atoms with Crippen LogP contribution in [-0.4, -0.2) is 4.98 Å². The minimum Gasteiger partial charge on any atom is -0.445 e. The number of fused-ring (bicyclic) bond motifs is 1. The van der Waals surface area contributed by atoms with Gasteiger partial charge >= 0.3 is 0 Å². The van der Waals surface area contributed by atoms with E-state index in [0.29, 0.717) is 0 Å². The van der Waals surface area contributed by atoms with Gasteiger partial charge in [-0.3, -0.25) is 0 Å². The molecule has 0 fully saturated rings. The fraction of sp³-hybridized carbons (Fsp3) is 0.154. The van der Waals surface area contributed by atoms with Crippen LogP contribution in [0, 0.1) is 0 Å². The third-order valence-electron chi connectivity index (χ3n) is 2.73. The van der Waals surface area contributed by atoms with Gasteiger partial charge in [0.2, 0.25) is 5.89 Å². The average Bonchev–Trinajstić information content (AvgIpc) is 2.82.